The van der Waals surface area contributed by atoms with Gasteiger partial charge in [-0.1, -0.05) is 46.3 Å². The Morgan fingerprint density at radius 1 is 1.08 bits per heavy atom. The van der Waals surface area contributed by atoms with Crippen molar-refractivity contribution in [1.29, 1.82) is 0 Å². The number of aryl methyl sites for hydroxylation is 2. The molecule has 138 valence electrons. The van der Waals surface area contributed by atoms with Crippen LogP contribution in [-0.2, 0) is 16.1 Å². The third kappa shape index (κ3) is 5.43. The van der Waals surface area contributed by atoms with E-state index in [0.717, 1.165) is 5.56 Å². The minimum Gasteiger partial charge on any atom is -0.489 e. The molecule has 0 saturated carbocycles. The Morgan fingerprint density at radius 2 is 1.73 bits per heavy atom. The Labute approximate surface area is 162 Å². The molecule has 0 heterocycles. The van der Waals surface area contributed by atoms with Gasteiger partial charge in [-0.25, -0.2) is 0 Å². The molecule has 0 bridgehead atoms. The molecule has 0 saturated heterocycles. The predicted molar refractivity (Wildman–Crippen MR) is 105 cm³/mol. The molecule has 26 heavy (non-hydrogen) atoms. The second kappa shape index (κ2) is 9.53. The number of rotatable bonds is 8. The molecular weight excluding hydrogens is 396 g/mol. The van der Waals surface area contributed by atoms with Gasteiger partial charge in [0.2, 0.25) is 0 Å². The largest absolute Gasteiger partial charge is 0.489 e. The van der Waals surface area contributed by atoms with E-state index in [1.54, 1.807) is 25.1 Å². The molecule has 0 N–H and O–H groups in total. The first-order valence-corrected chi connectivity index (χ1v) is 9.45. The molecule has 0 spiro atoms. The standard InChI is InChI=1S/C21H23BrO4/c1-4-25-20(23)12-19(22)21(24)16-9-6-10-17(11-16)26-13-18-14(2)7-5-8-15(18)3/h5-11,19H,4,12-13H2,1-3H3. The van der Waals surface area contributed by atoms with Crippen molar-refractivity contribution in [3.8, 4) is 5.75 Å². The molecule has 0 amide bonds. The van der Waals surface area contributed by atoms with E-state index in [0.29, 0.717) is 24.5 Å². The van der Waals surface area contributed by atoms with Gasteiger partial charge in [-0.05, 0) is 49.6 Å². The summed E-state index contributed by atoms with van der Waals surface area (Å²) in [6.07, 6.45) is 0.000162. The van der Waals surface area contributed by atoms with Gasteiger partial charge in [-0.3, -0.25) is 9.59 Å². The van der Waals surface area contributed by atoms with Gasteiger partial charge >= 0.3 is 5.97 Å². The highest BCUT2D eigenvalue weighted by Crippen LogP contribution is 2.21. The van der Waals surface area contributed by atoms with Crippen LogP contribution in [0.15, 0.2) is 42.5 Å². The number of ketones is 1. The second-order valence-corrected chi connectivity index (χ2v) is 7.13. The van der Waals surface area contributed by atoms with E-state index in [4.69, 9.17) is 9.47 Å². The topological polar surface area (TPSA) is 52.6 Å². The summed E-state index contributed by atoms with van der Waals surface area (Å²) in [5.41, 5.74) is 3.99. The Morgan fingerprint density at radius 3 is 2.38 bits per heavy atom. The molecule has 0 fully saturated rings. The van der Waals surface area contributed by atoms with Crippen LogP contribution in [0.2, 0.25) is 0 Å². The molecule has 2 rings (SSSR count). The van der Waals surface area contributed by atoms with Crippen molar-refractivity contribution >= 4 is 27.7 Å². The molecule has 0 aliphatic heterocycles. The highest BCUT2D eigenvalue weighted by Gasteiger charge is 2.21. The van der Waals surface area contributed by atoms with E-state index >= 15 is 0 Å². The quantitative estimate of drug-likeness (QED) is 0.351. The summed E-state index contributed by atoms with van der Waals surface area (Å²) < 4.78 is 10.8. The third-order valence-corrected chi connectivity index (χ3v) is 4.82. The number of Topliss-reactive ketones (excluding diaryl/α,β-unsaturated/α-hetero) is 1. The predicted octanol–water partition coefficient (Wildman–Crippen LogP) is 4.78. The van der Waals surface area contributed by atoms with Gasteiger partial charge in [0, 0.05) is 5.56 Å². The lowest BCUT2D eigenvalue weighted by Gasteiger charge is -2.13. The molecule has 4 nitrogen and oxygen atoms in total. The molecule has 1 unspecified atom stereocenters. The highest BCUT2D eigenvalue weighted by molar-refractivity contribution is 9.10. The number of hydrogen-bond acceptors (Lipinski definition) is 4. The number of ether oxygens (including phenoxy) is 2. The van der Waals surface area contributed by atoms with E-state index in [2.05, 4.69) is 41.9 Å². The number of hydrogen-bond donors (Lipinski definition) is 0. The van der Waals surface area contributed by atoms with Gasteiger partial charge in [0.1, 0.15) is 12.4 Å². The van der Waals surface area contributed by atoms with Crippen LogP contribution in [0.4, 0.5) is 0 Å². The van der Waals surface area contributed by atoms with Crippen LogP contribution in [0, 0.1) is 13.8 Å². The fourth-order valence-electron chi connectivity index (χ4n) is 2.61. The maximum atomic E-state index is 12.5. The first-order chi connectivity index (χ1) is 12.4. The van der Waals surface area contributed by atoms with Crippen LogP contribution >= 0.6 is 15.9 Å². The molecular formula is C21H23BrO4. The number of alkyl halides is 1. The highest BCUT2D eigenvalue weighted by atomic mass is 79.9. The summed E-state index contributed by atoms with van der Waals surface area (Å²) in [4.78, 5) is 23.4. The fourth-order valence-corrected chi connectivity index (χ4v) is 3.14. The average Bonchev–Trinajstić information content (AvgIpc) is 2.61. The normalized spacial score (nSPS) is 11.7. The van der Waals surface area contributed by atoms with Crippen molar-refractivity contribution in [3.05, 3.63) is 64.7 Å². The van der Waals surface area contributed by atoms with E-state index in [-0.39, 0.29) is 12.2 Å². The van der Waals surface area contributed by atoms with Crippen LogP contribution in [0.25, 0.3) is 0 Å². The summed E-state index contributed by atoms with van der Waals surface area (Å²) in [6.45, 7) is 6.58. The molecule has 5 heteroatoms. The summed E-state index contributed by atoms with van der Waals surface area (Å²) in [5.74, 6) is 0.0510. The molecule has 0 aliphatic carbocycles. The summed E-state index contributed by atoms with van der Waals surface area (Å²) >= 11 is 3.28. The van der Waals surface area contributed by atoms with Crippen molar-refractivity contribution < 1.29 is 19.1 Å². The van der Waals surface area contributed by atoms with Gasteiger partial charge < -0.3 is 9.47 Å². The number of benzene rings is 2. The summed E-state index contributed by atoms with van der Waals surface area (Å²) in [7, 11) is 0. The fraction of sp³-hybridized carbons (Fsp3) is 0.333. The lowest BCUT2D eigenvalue weighted by Crippen LogP contribution is -2.20. The van der Waals surface area contributed by atoms with Gasteiger partial charge in [0.25, 0.3) is 0 Å². The maximum Gasteiger partial charge on any atom is 0.307 e. The van der Waals surface area contributed by atoms with Crippen molar-refractivity contribution in [2.75, 3.05) is 6.61 Å². The van der Waals surface area contributed by atoms with E-state index in [9.17, 15) is 9.59 Å². The van der Waals surface area contributed by atoms with Crippen LogP contribution in [0.1, 0.15) is 40.4 Å². The van der Waals surface area contributed by atoms with Crippen LogP contribution < -0.4 is 4.74 Å². The molecule has 0 aliphatic rings. The smallest absolute Gasteiger partial charge is 0.307 e. The van der Waals surface area contributed by atoms with E-state index < -0.39 is 10.8 Å². The number of carbonyl (C=O) groups is 2. The minimum atomic E-state index is -0.615. The van der Waals surface area contributed by atoms with Crippen molar-refractivity contribution in [1.82, 2.24) is 0 Å². The number of carbonyl (C=O) groups excluding carboxylic acids is 2. The first kappa shape index (κ1) is 20.2. The minimum absolute atomic E-state index is 0.000162. The molecule has 0 aromatic heterocycles. The number of halogens is 1. The van der Waals surface area contributed by atoms with Crippen molar-refractivity contribution in [2.45, 2.75) is 38.6 Å². The molecule has 1 atom stereocenters. The Kier molecular flexibility index (Phi) is 7.39. The van der Waals surface area contributed by atoms with Gasteiger partial charge in [0.05, 0.1) is 17.9 Å². The third-order valence-electron chi connectivity index (χ3n) is 4.08. The zero-order valence-corrected chi connectivity index (χ0v) is 16.8. The maximum absolute atomic E-state index is 12.5. The zero-order chi connectivity index (χ0) is 19.1. The zero-order valence-electron chi connectivity index (χ0n) is 15.3. The van der Waals surface area contributed by atoms with Gasteiger partial charge in [0.15, 0.2) is 5.78 Å². The van der Waals surface area contributed by atoms with Crippen molar-refractivity contribution in [2.24, 2.45) is 0 Å². The van der Waals surface area contributed by atoms with Gasteiger partial charge in [-0.15, -0.1) is 0 Å². The molecule has 2 aromatic rings. The first-order valence-electron chi connectivity index (χ1n) is 8.54. The van der Waals surface area contributed by atoms with E-state index in [1.807, 2.05) is 12.1 Å². The summed E-state index contributed by atoms with van der Waals surface area (Å²) in [5, 5.41) is 0. The Hall–Kier alpha value is -2.14. The van der Waals surface area contributed by atoms with Gasteiger partial charge in [-0.2, -0.15) is 0 Å². The summed E-state index contributed by atoms with van der Waals surface area (Å²) in [6, 6.07) is 13.1. The lowest BCUT2D eigenvalue weighted by molar-refractivity contribution is -0.142. The number of esters is 1. The van der Waals surface area contributed by atoms with Crippen LogP contribution in [-0.4, -0.2) is 23.2 Å². The lowest BCUT2D eigenvalue weighted by atomic mass is 10.0. The second-order valence-electron chi connectivity index (χ2n) is 6.03. The van der Waals surface area contributed by atoms with Crippen LogP contribution in [0.3, 0.4) is 0 Å². The van der Waals surface area contributed by atoms with Crippen LogP contribution in [0.5, 0.6) is 5.75 Å². The monoisotopic (exact) mass is 418 g/mol. The van der Waals surface area contributed by atoms with E-state index in [1.165, 1.54) is 11.1 Å². The Balaban J connectivity index is 2.05. The molecule has 2 aromatic carbocycles. The van der Waals surface area contributed by atoms with Crippen molar-refractivity contribution in [3.63, 3.8) is 0 Å². The Bertz CT molecular complexity index is 765. The molecule has 0 radical (unpaired) electrons. The SMILES string of the molecule is CCOC(=O)CC(Br)C(=O)c1cccc(OCc2c(C)cccc2C)c1. The average molecular weight is 419 g/mol.